The topological polar surface area (TPSA) is 52.3 Å². The molecule has 0 radical (unpaired) electrons. The minimum absolute atomic E-state index is 0.0510. The second-order valence-electron chi connectivity index (χ2n) is 5.46. The Morgan fingerprint density at radius 1 is 1.04 bits per heavy atom. The molecular weight excluding hydrogens is 286 g/mol. The van der Waals surface area contributed by atoms with E-state index in [1.54, 1.807) is 6.92 Å². The van der Waals surface area contributed by atoms with Crippen molar-refractivity contribution in [1.82, 2.24) is 0 Å². The van der Waals surface area contributed by atoms with Gasteiger partial charge < -0.3 is 10.5 Å². The maximum atomic E-state index is 10.9. The van der Waals surface area contributed by atoms with Crippen LogP contribution in [0, 0.1) is 12.8 Å². The summed E-state index contributed by atoms with van der Waals surface area (Å²) in [6.07, 6.45) is 0.707. The highest BCUT2D eigenvalue weighted by Gasteiger charge is 2.11. The Hall–Kier alpha value is -2.13. The highest BCUT2D eigenvalue weighted by molar-refractivity contribution is 5.71. The zero-order chi connectivity index (χ0) is 17.1. The molecule has 3 heteroatoms. The maximum Gasteiger partial charge on any atom is 0.308 e. The Kier molecular flexibility index (Phi) is 8.70. The smallest absolute Gasteiger partial charge is 0.308 e. The third-order valence-electron chi connectivity index (χ3n) is 3.45. The number of esters is 1. The molecule has 23 heavy (non-hydrogen) atoms. The highest BCUT2D eigenvalue weighted by Crippen LogP contribution is 2.18. The van der Waals surface area contributed by atoms with E-state index in [1.807, 2.05) is 13.0 Å². The molecule has 2 aromatic rings. The molecule has 0 aliphatic heterocycles. The van der Waals surface area contributed by atoms with Gasteiger partial charge in [-0.3, -0.25) is 4.79 Å². The summed E-state index contributed by atoms with van der Waals surface area (Å²) >= 11 is 0. The van der Waals surface area contributed by atoms with Gasteiger partial charge in [0.2, 0.25) is 0 Å². The van der Waals surface area contributed by atoms with Gasteiger partial charge in [0.05, 0.1) is 12.5 Å². The van der Waals surface area contributed by atoms with E-state index in [0.29, 0.717) is 19.6 Å². The average Bonchev–Trinajstić information content (AvgIpc) is 2.57. The van der Waals surface area contributed by atoms with Gasteiger partial charge in [0.25, 0.3) is 0 Å². The summed E-state index contributed by atoms with van der Waals surface area (Å²) in [6.45, 7) is 6.72. The van der Waals surface area contributed by atoms with Crippen LogP contribution in [0.4, 0.5) is 0 Å². The van der Waals surface area contributed by atoms with Crippen molar-refractivity contribution < 1.29 is 9.53 Å². The van der Waals surface area contributed by atoms with Crippen LogP contribution in [0.1, 0.15) is 25.8 Å². The van der Waals surface area contributed by atoms with Gasteiger partial charge in [-0.1, -0.05) is 67.1 Å². The third kappa shape index (κ3) is 7.11. The van der Waals surface area contributed by atoms with Crippen molar-refractivity contribution >= 4 is 5.97 Å². The normalized spacial score (nSPS) is 11.1. The number of benzene rings is 2. The molecule has 2 N–H and O–H groups in total. The number of ether oxygens (including phenoxy) is 1. The lowest BCUT2D eigenvalue weighted by molar-refractivity contribution is -0.147. The zero-order valence-corrected chi connectivity index (χ0v) is 14.3. The van der Waals surface area contributed by atoms with Gasteiger partial charge in [0.1, 0.15) is 0 Å². The molecule has 0 aliphatic rings. The van der Waals surface area contributed by atoms with E-state index in [4.69, 9.17) is 10.5 Å². The molecule has 0 fully saturated rings. The van der Waals surface area contributed by atoms with E-state index in [-0.39, 0.29) is 11.9 Å². The van der Waals surface area contributed by atoms with Crippen LogP contribution >= 0.6 is 0 Å². The molecule has 0 aromatic heterocycles. The molecule has 0 amide bonds. The minimum atomic E-state index is -0.145. The van der Waals surface area contributed by atoms with Gasteiger partial charge in [-0.05, 0) is 37.9 Å². The molecule has 2 rings (SSSR count). The Morgan fingerprint density at radius 3 is 2.13 bits per heavy atom. The van der Waals surface area contributed by atoms with Crippen LogP contribution in [-0.2, 0) is 9.53 Å². The standard InChI is InChI=1S/C13H12.C7H15NO2/c1-11-7-9-13(10-8-11)12-5-3-2-4-6-12;1-3-10-7(9)6(2)4-5-8/h2-10H,1H3;6H,3-5,8H2,1-2H3. The number of hydrogen-bond acceptors (Lipinski definition) is 3. The Morgan fingerprint density at radius 2 is 1.61 bits per heavy atom. The second kappa shape index (κ2) is 10.6. The molecule has 1 atom stereocenters. The van der Waals surface area contributed by atoms with Crippen LogP contribution in [0.25, 0.3) is 11.1 Å². The van der Waals surface area contributed by atoms with E-state index in [0.717, 1.165) is 0 Å². The number of carbonyl (C=O) groups is 1. The van der Waals surface area contributed by atoms with Gasteiger partial charge in [-0.25, -0.2) is 0 Å². The summed E-state index contributed by atoms with van der Waals surface area (Å²) in [5.74, 6) is -0.196. The summed E-state index contributed by atoms with van der Waals surface area (Å²) in [5, 5.41) is 0. The van der Waals surface area contributed by atoms with Crippen molar-refractivity contribution in [3.05, 3.63) is 60.2 Å². The first kappa shape index (κ1) is 18.9. The number of rotatable bonds is 5. The largest absolute Gasteiger partial charge is 0.466 e. The van der Waals surface area contributed by atoms with Gasteiger partial charge in [-0.2, -0.15) is 0 Å². The number of hydrogen-bond donors (Lipinski definition) is 1. The van der Waals surface area contributed by atoms with Crippen molar-refractivity contribution in [3.8, 4) is 11.1 Å². The fraction of sp³-hybridized carbons (Fsp3) is 0.350. The molecule has 0 saturated heterocycles. The second-order valence-corrected chi connectivity index (χ2v) is 5.46. The maximum absolute atomic E-state index is 10.9. The fourth-order valence-electron chi connectivity index (χ4n) is 2.03. The molecule has 0 spiro atoms. The first-order valence-corrected chi connectivity index (χ1v) is 8.07. The Labute approximate surface area is 139 Å². The molecule has 2 aromatic carbocycles. The van der Waals surface area contributed by atoms with E-state index < -0.39 is 0 Å². The highest BCUT2D eigenvalue weighted by atomic mass is 16.5. The predicted octanol–water partition coefficient (Wildman–Crippen LogP) is 4.20. The molecular formula is C20H27NO2. The Bertz CT molecular complexity index is 564. The lowest BCUT2D eigenvalue weighted by atomic mass is 10.0. The molecule has 0 aliphatic carbocycles. The van der Waals surface area contributed by atoms with Crippen molar-refractivity contribution in [3.63, 3.8) is 0 Å². The predicted molar refractivity (Wildman–Crippen MR) is 96.1 cm³/mol. The van der Waals surface area contributed by atoms with Crippen molar-refractivity contribution in [2.45, 2.75) is 27.2 Å². The average molecular weight is 313 g/mol. The third-order valence-corrected chi connectivity index (χ3v) is 3.45. The van der Waals surface area contributed by atoms with Gasteiger partial charge in [0, 0.05) is 0 Å². The van der Waals surface area contributed by atoms with Crippen LogP contribution in [0.2, 0.25) is 0 Å². The fourth-order valence-corrected chi connectivity index (χ4v) is 2.03. The van der Waals surface area contributed by atoms with Crippen LogP contribution in [0.3, 0.4) is 0 Å². The van der Waals surface area contributed by atoms with Gasteiger partial charge >= 0.3 is 5.97 Å². The number of carbonyl (C=O) groups excluding carboxylic acids is 1. The van der Waals surface area contributed by atoms with Crippen molar-refractivity contribution in [2.24, 2.45) is 11.7 Å². The monoisotopic (exact) mass is 313 g/mol. The molecule has 1 unspecified atom stereocenters. The zero-order valence-electron chi connectivity index (χ0n) is 14.3. The molecule has 0 heterocycles. The quantitative estimate of drug-likeness (QED) is 0.842. The number of aryl methyl sites for hydroxylation is 1. The van der Waals surface area contributed by atoms with Gasteiger partial charge in [-0.15, -0.1) is 0 Å². The molecule has 0 saturated carbocycles. The van der Waals surface area contributed by atoms with Crippen LogP contribution in [-0.4, -0.2) is 19.1 Å². The minimum Gasteiger partial charge on any atom is -0.466 e. The van der Waals surface area contributed by atoms with Crippen molar-refractivity contribution in [2.75, 3.05) is 13.2 Å². The summed E-state index contributed by atoms with van der Waals surface area (Å²) in [6, 6.07) is 19.0. The summed E-state index contributed by atoms with van der Waals surface area (Å²) in [5.41, 5.74) is 9.12. The summed E-state index contributed by atoms with van der Waals surface area (Å²) in [4.78, 5) is 10.9. The first-order chi connectivity index (χ1) is 11.1. The van der Waals surface area contributed by atoms with E-state index in [9.17, 15) is 4.79 Å². The molecule has 124 valence electrons. The molecule has 3 nitrogen and oxygen atoms in total. The van der Waals surface area contributed by atoms with E-state index >= 15 is 0 Å². The van der Waals surface area contributed by atoms with Crippen LogP contribution in [0.15, 0.2) is 54.6 Å². The first-order valence-electron chi connectivity index (χ1n) is 8.07. The lowest BCUT2D eigenvalue weighted by Crippen LogP contribution is -2.17. The Balaban J connectivity index is 0.000000241. The van der Waals surface area contributed by atoms with E-state index in [2.05, 4.69) is 55.5 Å². The van der Waals surface area contributed by atoms with Crippen LogP contribution < -0.4 is 5.73 Å². The lowest BCUT2D eigenvalue weighted by Gasteiger charge is -2.07. The van der Waals surface area contributed by atoms with Gasteiger partial charge in [0.15, 0.2) is 0 Å². The van der Waals surface area contributed by atoms with Crippen molar-refractivity contribution in [1.29, 1.82) is 0 Å². The summed E-state index contributed by atoms with van der Waals surface area (Å²) in [7, 11) is 0. The van der Waals surface area contributed by atoms with E-state index in [1.165, 1.54) is 16.7 Å². The summed E-state index contributed by atoms with van der Waals surface area (Å²) < 4.78 is 4.76. The molecule has 0 bridgehead atoms. The van der Waals surface area contributed by atoms with Crippen LogP contribution in [0.5, 0.6) is 0 Å². The number of nitrogens with two attached hydrogens (primary N) is 1. The SMILES string of the molecule is CCOC(=O)C(C)CCN.Cc1ccc(-c2ccccc2)cc1.